The Bertz CT molecular complexity index is 470. The van der Waals surface area contributed by atoms with Gasteiger partial charge in [-0.25, -0.2) is 0 Å². The lowest BCUT2D eigenvalue weighted by atomic mass is 10.3. The average Bonchev–Trinajstić information content (AvgIpc) is 2.44. The van der Waals surface area contributed by atoms with Gasteiger partial charge in [0.25, 0.3) is 0 Å². The number of hydrogen-bond donors (Lipinski definition) is 2. The summed E-state index contributed by atoms with van der Waals surface area (Å²) in [6.07, 6.45) is -0.427. The van der Waals surface area contributed by atoms with Crippen LogP contribution in [-0.4, -0.2) is 55.8 Å². The second-order valence-electron chi connectivity index (χ2n) is 4.87. The van der Waals surface area contributed by atoms with E-state index in [9.17, 15) is 9.90 Å². The smallest absolute Gasteiger partial charge is 0.221 e. The Hall–Kier alpha value is -1.01. The van der Waals surface area contributed by atoms with E-state index in [1.807, 2.05) is 19.0 Å². The van der Waals surface area contributed by atoms with Crippen molar-refractivity contribution in [3.05, 3.63) is 28.2 Å². The van der Waals surface area contributed by atoms with Gasteiger partial charge in [-0.1, -0.05) is 29.3 Å². The summed E-state index contributed by atoms with van der Waals surface area (Å²) in [4.78, 5) is 13.4. The molecule has 0 fully saturated rings. The highest BCUT2D eigenvalue weighted by molar-refractivity contribution is 6.42. The zero-order valence-electron chi connectivity index (χ0n) is 12.1. The minimum Gasteiger partial charge on any atom is -0.489 e. The molecule has 0 aliphatic rings. The molecule has 5 nitrogen and oxygen atoms in total. The molecule has 1 amide bonds. The molecule has 21 heavy (non-hydrogen) atoms. The normalized spacial score (nSPS) is 12.3. The lowest BCUT2D eigenvalue weighted by Crippen LogP contribution is -2.36. The van der Waals surface area contributed by atoms with Crippen molar-refractivity contribution < 1.29 is 14.6 Å². The first-order valence-corrected chi connectivity index (χ1v) is 7.32. The third kappa shape index (κ3) is 7.00. The minimum absolute atomic E-state index is 0.0218. The lowest BCUT2D eigenvalue weighted by Gasteiger charge is -2.15. The Balaban J connectivity index is 2.29. The van der Waals surface area contributed by atoms with Crippen LogP contribution in [0.25, 0.3) is 0 Å². The molecule has 2 N–H and O–H groups in total. The number of aliphatic hydroxyl groups is 1. The molecular weight excluding hydrogens is 315 g/mol. The molecule has 0 saturated carbocycles. The SMILES string of the molecule is CN(C)CCC(=O)NCC(O)COc1cccc(Cl)c1Cl. The van der Waals surface area contributed by atoms with Crippen LogP contribution in [0, 0.1) is 0 Å². The van der Waals surface area contributed by atoms with E-state index in [0.29, 0.717) is 28.8 Å². The van der Waals surface area contributed by atoms with Gasteiger partial charge >= 0.3 is 0 Å². The van der Waals surface area contributed by atoms with Crippen molar-refractivity contribution in [2.75, 3.05) is 33.8 Å². The van der Waals surface area contributed by atoms with Crippen LogP contribution in [0.1, 0.15) is 6.42 Å². The monoisotopic (exact) mass is 334 g/mol. The second kappa shape index (κ2) is 9.10. The molecule has 0 aliphatic carbocycles. The number of nitrogens with zero attached hydrogens (tertiary/aromatic N) is 1. The summed E-state index contributed by atoms with van der Waals surface area (Å²) in [5.41, 5.74) is 0. The predicted octanol–water partition coefficient (Wildman–Crippen LogP) is 1.80. The molecule has 0 radical (unpaired) electrons. The predicted molar refractivity (Wildman–Crippen MR) is 84.1 cm³/mol. The Morgan fingerprint density at radius 2 is 2.14 bits per heavy atom. The van der Waals surface area contributed by atoms with Crippen molar-refractivity contribution in [2.45, 2.75) is 12.5 Å². The van der Waals surface area contributed by atoms with Gasteiger partial charge in [-0.15, -0.1) is 0 Å². The van der Waals surface area contributed by atoms with Gasteiger partial charge in [0.2, 0.25) is 5.91 Å². The first kappa shape index (κ1) is 18.0. The highest BCUT2D eigenvalue weighted by Gasteiger charge is 2.10. The summed E-state index contributed by atoms with van der Waals surface area (Å²) in [5.74, 6) is 0.297. The van der Waals surface area contributed by atoms with E-state index in [-0.39, 0.29) is 19.1 Å². The van der Waals surface area contributed by atoms with Gasteiger partial charge in [-0.05, 0) is 26.2 Å². The van der Waals surface area contributed by atoms with Crippen LogP contribution in [0.3, 0.4) is 0 Å². The van der Waals surface area contributed by atoms with Gasteiger partial charge in [0.05, 0.1) is 5.02 Å². The van der Waals surface area contributed by atoms with Gasteiger partial charge in [0.15, 0.2) is 0 Å². The maximum absolute atomic E-state index is 11.5. The van der Waals surface area contributed by atoms with E-state index < -0.39 is 6.10 Å². The number of benzene rings is 1. The van der Waals surface area contributed by atoms with Crippen LogP contribution >= 0.6 is 23.2 Å². The van der Waals surface area contributed by atoms with E-state index >= 15 is 0 Å². The second-order valence-corrected chi connectivity index (χ2v) is 5.66. The Morgan fingerprint density at radius 1 is 1.43 bits per heavy atom. The zero-order chi connectivity index (χ0) is 15.8. The van der Waals surface area contributed by atoms with Crippen LogP contribution in [0.4, 0.5) is 0 Å². The maximum Gasteiger partial charge on any atom is 0.221 e. The first-order chi connectivity index (χ1) is 9.90. The Morgan fingerprint density at radius 3 is 2.81 bits per heavy atom. The molecule has 7 heteroatoms. The van der Waals surface area contributed by atoms with E-state index in [1.54, 1.807) is 18.2 Å². The average molecular weight is 335 g/mol. The third-order valence-electron chi connectivity index (χ3n) is 2.67. The molecule has 1 unspecified atom stereocenters. The summed E-state index contributed by atoms with van der Waals surface area (Å²) in [6.45, 7) is 0.815. The zero-order valence-corrected chi connectivity index (χ0v) is 13.6. The van der Waals surface area contributed by atoms with Crippen molar-refractivity contribution in [1.82, 2.24) is 10.2 Å². The van der Waals surface area contributed by atoms with Crippen LogP contribution < -0.4 is 10.1 Å². The Labute approximate surface area is 134 Å². The molecule has 1 aromatic carbocycles. The van der Waals surface area contributed by atoms with Crippen molar-refractivity contribution in [3.63, 3.8) is 0 Å². The van der Waals surface area contributed by atoms with E-state index in [2.05, 4.69) is 5.32 Å². The standard InChI is InChI=1S/C14H20Cl2N2O3/c1-18(2)7-6-13(20)17-8-10(19)9-21-12-5-3-4-11(15)14(12)16/h3-5,10,19H,6-9H2,1-2H3,(H,17,20). The molecule has 0 spiro atoms. The number of halogens is 2. The highest BCUT2D eigenvalue weighted by atomic mass is 35.5. The molecule has 1 atom stereocenters. The van der Waals surface area contributed by atoms with Gasteiger partial charge in [-0.2, -0.15) is 0 Å². The summed E-state index contributed by atoms with van der Waals surface area (Å²) in [6, 6.07) is 5.02. The van der Waals surface area contributed by atoms with Gasteiger partial charge < -0.3 is 20.1 Å². The first-order valence-electron chi connectivity index (χ1n) is 6.56. The van der Waals surface area contributed by atoms with Crippen molar-refractivity contribution in [2.24, 2.45) is 0 Å². The number of carbonyl (C=O) groups excluding carboxylic acids is 1. The molecule has 0 heterocycles. The minimum atomic E-state index is -0.816. The molecule has 0 bridgehead atoms. The van der Waals surface area contributed by atoms with Gasteiger partial charge in [-0.3, -0.25) is 4.79 Å². The topological polar surface area (TPSA) is 61.8 Å². The number of nitrogens with one attached hydrogen (secondary N) is 1. The molecule has 118 valence electrons. The number of hydrogen-bond acceptors (Lipinski definition) is 4. The third-order valence-corrected chi connectivity index (χ3v) is 3.47. The van der Waals surface area contributed by atoms with Crippen LogP contribution in [0.2, 0.25) is 10.0 Å². The molecule has 1 aromatic rings. The number of rotatable bonds is 8. The van der Waals surface area contributed by atoms with E-state index in [1.165, 1.54) is 0 Å². The summed E-state index contributed by atoms with van der Waals surface area (Å²) in [5, 5.41) is 13.1. The van der Waals surface area contributed by atoms with E-state index in [0.717, 1.165) is 0 Å². The fraction of sp³-hybridized carbons (Fsp3) is 0.500. The summed E-state index contributed by atoms with van der Waals surface area (Å²) >= 11 is 11.8. The number of amides is 1. The highest BCUT2D eigenvalue weighted by Crippen LogP contribution is 2.31. The molecule has 0 aromatic heterocycles. The van der Waals surface area contributed by atoms with Crippen LogP contribution in [0.5, 0.6) is 5.75 Å². The number of aliphatic hydroxyl groups excluding tert-OH is 1. The number of carbonyl (C=O) groups is 1. The quantitative estimate of drug-likeness (QED) is 0.761. The van der Waals surface area contributed by atoms with Gasteiger partial charge in [0.1, 0.15) is 23.5 Å². The lowest BCUT2D eigenvalue weighted by molar-refractivity contribution is -0.121. The van der Waals surface area contributed by atoms with Gasteiger partial charge in [0, 0.05) is 19.5 Å². The molecular formula is C14H20Cl2N2O3. The maximum atomic E-state index is 11.5. The summed E-state index contributed by atoms with van der Waals surface area (Å²) < 4.78 is 5.38. The fourth-order valence-corrected chi connectivity index (χ4v) is 1.83. The Kier molecular flexibility index (Phi) is 7.82. The van der Waals surface area contributed by atoms with Crippen molar-refractivity contribution in [3.8, 4) is 5.75 Å². The largest absolute Gasteiger partial charge is 0.489 e. The number of ether oxygens (including phenoxy) is 1. The molecule has 0 saturated heterocycles. The molecule has 0 aliphatic heterocycles. The van der Waals surface area contributed by atoms with E-state index in [4.69, 9.17) is 27.9 Å². The van der Waals surface area contributed by atoms with Crippen molar-refractivity contribution >= 4 is 29.1 Å². The molecule has 1 rings (SSSR count). The van der Waals surface area contributed by atoms with Crippen molar-refractivity contribution in [1.29, 1.82) is 0 Å². The fourth-order valence-electron chi connectivity index (χ4n) is 1.49. The summed E-state index contributed by atoms with van der Waals surface area (Å²) in [7, 11) is 3.79. The van der Waals surface area contributed by atoms with Crippen LogP contribution in [-0.2, 0) is 4.79 Å². The van der Waals surface area contributed by atoms with Crippen LogP contribution in [0.15, 0.2) is 18.2 Å².